The Bertz CT molecular complexity index is 1630. The van der Waals surface area contributed by atoms with Gasteiger partial charge in [0.1, 0.15) is 73.2 Å². The van der Waals surface area contributed by atoms with Crippen LogP contribution in [0, 0.1) is 46.3 Å². The molecule has 5 heterocycles. The molecule has 9 aliphatic rings. The Hall–Kier alpha value is -0.940. The Balaban J connectivity index is 0.928. The smallest absolute Gasteiger partial charge is 0.187 e. The summed E-state index contributed by atoms with van der Waals surface area (Å²) in [6.07, 6.45) is -10.5. The number of aliphatic hydroxyl groups excluding tert-OH is 9. The summed E-state index contributed by atoms with van der Waals surface area (Å²) in [5.74, 6) is 2.57. The Kier molecular flexibility index (Phi) is 13.4. The van der Waals surface area contributed by atoms with Crippen LogP contribution in [0.25, 0.3) is 0 Å². The highest BCUT2D eigenvalue weighted by atomic mass is 16.7. The first-order chi connectivity index (χ1) is 29.9. The molecule has 0 radical (unpaired) electrons. The summed E-state index contributed by atoms with van der Waals surface area (Å²) < 4.78 is 50.5. The molecular formula is C46H74O17. The number of hydrogen-bond donors (Lipinski definition) is 9. The van der Waals surface area contributed by atoms with Crippen molar-refractivity contribution in [3.63, 3.8) is 0 Å². The van der Waals surface area contributed by atoms with Crippen molar-refractivity contribution in [2.24, 2.45) is 46.3 Å². The van der Waals surface area contributed by atoms with Crippen molar-refractivity contribution in [2.75, 3.05) is 26.4 Å². The fourth-order valence-electron chi connectivity index (χ4n) is 14.2. The lowest BCUT2D eigenvalue weighted by Gasteiger charge is -2.58. The number of fused-ring (bicyclic) bond motifs is 7. The largest absolute Gasteiger partial charge is 0.394 e. The predicted octanol–water partition coefficient (Wildman–Crippen LogP) is 0.257. The molecule has 0 bridgehead atoms. The maximum absolute atomic E-state index is 11.6. The molecular weight excluding hydrogens is 824 g/mol. The maximum Gasteiger partial charge on any atom is 0.187 e. The molecule has 0 aromatic carbocycles. The van der Waals surface area contributed by atoms with E-state index in [1.54, 1.807) is 0 Å². The van der Waals surface area contributed by atoms with Crippen molar-refractivity contribution in [3.05, 3.63) is 11.6 Å². The van der Waals surface area contributed by atoms with E-state index in [1.165, 1.54) is 12.5 Å². The van der Waals surface area contributed by atoms with E-state index in [0.29, 0.717) is 48.3 Å². The second-order valence-corrected chi connectivity index (χ2v) is 21.4. The van der Waals surface area contributed by atoms with E-state index in [2.05, 4.69) is 33.8 Å². The summed E-state index contributed by atoms with van der Waals surface area (Å²) in [6, 6.07) is 0. The number of ether oxygens (including phenoxy) is 8. The van der Waals surface area contributed by atoms with Crippen LogP contribution in [-0.4, -0.2) is 182 Å². The molecule has 5 saturated heterocycles. The second-order valence-electron chi connectivity index (χ2n) is 21.4. The average molecular weight is 899 g/mol. The highest BCUT2D eigenvalue weighted by Gasteiger charge is 2.69. The van der Waals surface area contributed by atoms with E-state index < -0.39 is 118 Å². The van der Waals surface area contributed by atoms with Crippen molar-refractivity contribution in [1.29, 1.82) is 0 Å². The van der Waals surface area contributed by atoms with Crippen LogP contribution >= 0.6 is 0 Å². The molecule has 5 aliphatic heterocycles. The molecule has 63 heavy (non-hydrogen) atoms. The topological polar surface area (TPSA) is 256 Å². The van der Waals surface area contributed by atoms with Gasteiger partial charge in [0.25, 0.3) is 0 Å². The van der Waals surface area contributed by atoms with Gasteiger partial charge in [-0.15, -0.1) is 0 Å². The predicted molar refractivity (Wildman–Crippen MR) is 219 cm³/mol. The molecule has 8 fully saturated rings. The molecule has 0 aromatic rings. The first-order valence-electron chi connectivity index (χ1n) is 23.8. The van der Waals surface area contributed by atoms with Crippen LogP contribution in [0.5, 0.6) is 0 Å². The highest BCUT2D eigenvalue weighted by molar-refractivity contribution is 5.26. The van der Waals surface area contributed by atoms with Gasteiger partial charge in [-0.25, -0.2) is 0 Å². The molecule has 17 nitrogen and oxygen atoms in total. The number of aliphatic hydroxyl groups is 9. The van der Waals surface area contributed by atoms with Gasteiger partial charge in [0.05, 0.1) is 44.7 Å². The molecule has 9 rings (SSSR count). The fourth-order valence-corrected chi connectivity index (χ4v) is 14.2. The van der Waals surface area contributed by atoms with Gasteiger partial charge in [0.2, 0.25) is 0 Å². The number of allylic oxidation sites excluding steroid dienone is 1. The van der Waals surface area contributed by atoms with Crippen molar-refractivity contribution >= 4 is 0 Å². The Morgan fingerprint density at radius 1 is 0.698 bits per heavy atom. The zero-order chi connectivity index (χ0) is 44.9. The van der Waals surface area contributed by atoms with Crippen LogP contribution in [0.2, 0.25) is 0 Å². The van der Waals surface area contributed by atoms with Gasteiger partial charge in [0, 0.05) is 12.3 Å². The molecule has 3 saturated carbocycles. The quantitative estimate of drug-likeness (QED) is 0.141. The number of rotatable bonds is 9. The van der Waals surface area contributed by atoms with Gasteiger partial charge >= 0.3 is 0 Å². The van der Waals surface area contributed by atoms with Gasteiger partial charge in [-0.1, -0.05) is 39.3 Å². The standard InChI is InChI=1S/C46H74O17/c1-20-8-13-46(57-18-20)21(2)32-28(63-46)15-27-25-7-6-23-14-24(9-11-44(23,4)26(25)10-12-45(27,32)5)59-43-41(56-19-31-35(51)38(54)34(50)29(16-47)60-31)40(36(52)30(17-48)61-43)62-42-39(55)37(53)33(49)22(3)58-42/h6,20-22,24-43,47-55H,7-19H2,1-5H3/t20-,21+,22+,24-,25-,26+,27-,28-,29-,30-,31+,32+,33+,34-,35+,36-,37-,38+,39-,40+,41-,42+,43-,44+,45+,46-/m1/s1. The summed E-state index contributed by atoms with van der Waals surface area (Å²) in [6.45, 7) is 10.1. The Morgan fingerprint density at radius 3 is 2.13 bits per heavy atom. The van der Waals surface area contributed by atoms with Crippen LogP contribution < -0.4 is 0 Å². The Morgan fingerprint density at radius 2 is 1.41 bits per heavy atom. The maximum atomic E-state index is 11.6. The normalized spacial score (nSPS) is 56.9. The van der Waals surface area contributed by atoms with Crippen molar-refractivity contribution < 1.29 is 83.9 Å². The zero-order valence-electron chi connectivity index (χ0n) is 37.3. The summed E-state index contributed by atoms with van der Waals surface area (Å²) in [7, 11) is 0. The van der Waals surface area contributed by atoms with Crippen LogP contribution in [0.1, 0.15) is 92.4 Å². The summed E-state index contributed by atoms with van der Waals surface area (Å²) >= 11 is 0. The highest BCUT2D eigenvalue weighted by Crippen LogP contribution is 2.70. The van der Waals surface area contributed by atoms with Crippen LogP contribution in [0.4, 0.5) is 0 Å². The minimum Gasteiger partial charge on any atom is -0.394 e. The van der Waals surface area contributed by atoms with E-state index in [0.717, 1.165) is 51.6 Å². The third-order valence-electron chi connectivity index (χ3n) is 18.0. The molecule has 360 valence electrons. The van der Waals surface area contributed by atoms with E-state index in [-0.39, 0.29) is 23.0 Å². The third kappa shape index (κ3) is 7.91. The van der Waals surface area contributed by atoms with Crippen LogP contribution in [-0.2, 0) is 37.9 Å². The fraction of sp³-hybridized carbons (Fsp3) is 0.957. The zero-order valence-corrected chi connectivity index (χ0v) is 37.3. The van der Waals surface area contributed by atoms with Gasteiger partial charge < -0.3 is 83.9 Å². The monoisotopic (exact) mass is 898 g/mol. The molecule has 26 atom stereocenters. The summed E-state index contributed by atoms with van der Waals surface area (Å²) in [4.78, 5) is 0. The van der Waals surface area contributed by atoms with Crippen molar-refractivity contribution in [3.8, 4) is 0 Å². The minimum atomic E-state index is -1.73. The van der Waals surface area contributed by atoms with E-state index in [1.807, 2.05) is 0 Å². The van der Waals surface area contributed by atoms with Crippen LogP contribution in [0.3, 0.4) is 0 Å². The second kappa shape index (κ2) is 17.9. The average Bonchev–Trinajstić information content (AvgIpc) is 3.72. The molecule has 9 N–H and O–H groups in total. The Labute approximate surface area is 369 Å². The third-order valence-corrected chi connectivity index (χ3v) is 18.0. The lowest BCUT2D eigenvalue weighted by Crippen LogP contribution is -2.66. The molecule has 17 heteroatoms. The van der Waals surface area contributed by atoms with E-state index in [4.69, 9.17) is 37.9 Å². The van der Waals surface area contributed by atoms with Gasteiger partial charge in [-0.2, -0.15) is 0 Å². The first-order valence-corrected chi connectivity index (χ1v) is 23.8. The van der Waals surface area contributed by atoms with Gasteiger partial charge in [-0.3, -0.25) is 0 Å². The van der Waals surface area contributed by atoms with E-state index in [9.17, 15) is 46.0 Å². The first kappa shape index (κ1) is 47.1. The summed E-state index contributed by atoms with van der Waals surface area (Å²) in [5, 5.41) is 95.4. The van der Waals surface area contributed by atoms with Gasteiger partial charge in [-0.05, 0) is 98.7 Å². The van der Waals surface area contributed by atoms with Crippen molar-refractivity contribution in [2.45, 2.75) is 202 Å². The molecule has 0 aromatic heterocycles. The minimum absolute atomic E-state index is 0.0312. The summed E-state index contributed by atoms with van der Waals surface area (Å²) in [5.41, 5.74) is 1.50. The number of hydrogen-bond acceptors (Lipinski definition) is 17. The van der Waals surface area contributed by atoms with Crippen molar-refractivity contribution in [1.82, 2.24) is 0 Å². The molecule has 0 unspecified atom stereocenters. The molecule has 1 spiro atoms. The lowest BCUT2D eigenvalue weighted by molar-refractivity contribution is -0.369. The molecule has 4 aliphatic carbocycles. The lowest BCUT2D eigenvalue weighted by atomic mass is 9.47. The van der Waals surface area contributed by atoms with Gasteiger partial charge in [0.15, 0.2) is 18.4 Å². The SMILES string of the molecule is C[C@@H]1CC[C@@]2(OC1)O[C@@H]1C[C@@H]3[C@@H]4CC=C5C[C@H](O[C@@H]6O[C@H](CO)[C@@H](O)[C@H](O[C@@H]7O[C@@H](C)[C@H](O)[C@@H](O)[C@H]7O)[C@H]6OC[C@@H]6O[C@H](CO)[C@@H](O)[C@H](O)[C@H]6O)CC[C@]5(C)[C@H]4CC[C@]3(C)[C@H]1[C@@H]2C. The molecule has 0 amide bonds. The van der Waals surface area contributed by atoms with E-state index >= 15 is 0 Å². The van der Waals surface area contributed by atoms with Crippen LogP contribution in [0.15, 0.2) is 11.6 Å².